The number of amides is 1. The molecule has 0 saturated carbocycles. The van der Waals surface area contributed by atoms with Crippen molar-refractivity contribution < 1.29 is 4.79 Å². The molecular formula is C6H14N4O. The van der Waals surface area contributed by atoms with Gasteiger partial charge in [-0.1, -0.05) is 0 Å². The van der Waals surface area contributed by atoms with Crippen LogP contribution < -0.4 is 16.8 Å². The molecule has 1 amide bonds. The van der Waals surface area contributed by atoms with Crippen molar-refractivity contribution in [3.05, 3.63) is 0 Å². The van der Waals surface area contributed by atoms with Gasteiger partial charge in [0.2, 0.25) is 5.91 Å². The van der Waals surface area contributed by atoms with E-state index in [1.54, 1.807) is 0 Å². The van der Waals surface area contributed by atoms with E-state index in [9.17, 15) is 4.79 Å². The smallest absolute Gasteiger partial charge is 0.219 e. The van der Waals surface area contributed by atoms with Crippen molar-refractivity contribution in [1.29, 1.82) is 0 Å². The Hall–Kier alpha value is -1.26. The Kier molecular flexibility index (Phi) is 4.89. The summed E-state index contributed by atoms with van der Waals surface area (Å²) >= 11 is 0. The van der Waals surface area contributed by atoms with Crippen LogP contribution in [0.4, 0.5) is 0 Å². The van der Waals surface area contributed by atoms with Gasteiger partial charge in [-0.15, -0.1) is 0 Å². The molecular weight excluding hydrogens is 144 g/mol. The van der Waals surface area contributed by atoms with Gasteiger partial charge in [0, 0.05) is 13.0 Å². The quantitative estimate of drug-likeness (QED) is 0.354. The van der Waals surface area contributed by atoms with E-state index in [4.69, 9.17) is 11.5 Å². The molecule has 5 N–H and O–H groups in total. The number of hydrogen-bond acceptors (Lipinski definition) is 2. The van der Waals surface area contributed by atoms with Crippen LogP contribution in [0.1, 0.15) is 13.3 Å². The Bertz CT molecular complexity index is 155. The minimum absolute atomic E-state index is 0.242. The molecule has 0 radical (unpaired) electrons. The van der Waals surface area contributed by atoms with Crippen molar-refractivity contribution in [2.45, 2.75) is 13.3 Å². The molecule has 0 aliphatic heterocycles. The fourth-order valence-corrected chi connectivity index (χ4v) is 0.524. The number of hydrogen-bond donors (Lipinski definition) is 3. The maximum absolute atomic E-state index is 10.2. The van der Waals surface area contributed by atoms with Crippen LogP contribution in [0.5, 0.6) is 0 Å². The third-order valence-electron chi connectivity index (χ3n) is 0.998. The molecule has 5 nitrogen and oxygen atoms in total. The van der Waals surface area contributed by atoms with E-state index in [1.807, 2.05) is 6.92 Å². The van der Waals surface area contributed by atoms with Crippen LogP contribution in [0.2, 0.25) is 0 Å². The fourth-order valence-electron chi connectivity index (χ4n) is 0.524. The van der Waals surface area contributed by atoms with Crippen LogP contribution in [-0.4, -0.2) is 25.0 Å². The van der Waals surface area contributed by atoms with Crippen molar-refractivity contribution in [1.82, 2.24) is 5.32 Å². The maximum Gasteiger partial charge on any atom is 0.219 e. The monoisotopic (exact) mass is 158 g/mol. The van der Waals surface area contributed by atoms with E-state index in [1.165, 1.54) is 0 Å². The Balaban J connectivity index is 3.47. The van der Waals surface area contributed by atoms with Crippen molar-refractivity contribution in [3.63, 3.8) is 0 Å². The highest BCUT2D eigenvalue weighted by molar-refractivity contribution is 5.78. The van der Waals surface area contributed by atoms with Crippen LogP contribution >= 0.6 is 0 Å². The molecule has 64 valence electrons. The number of primary amides is 1. The molecule has 0 aliphatic carbocycles. The Morgan fingerprint density at radius 3 is 2.64 bits per heavy atom. The molecule has 0 rings (SSSR count). The highest BCUT2D eigenvalue weighted by Gasteiger charge is 1.92. The van der Waals surface area contributed by atoms with E-state index in [2.05, 4.69) is 10.3 Å². The van der Waals surface area contributed by atoms with Crippen molar-refractivity contribution in [3.8, 4) is 0 Å². The van der Waals surface area contributed by atoms with Gasteiger partial charge in [-0.25, -0.2) is 0 Å². The van der Waals surface area contributed by atoms with Gasteiger partial charge in [0.05, 0.1) is 6.54 Å². The van der Waals surface area contributed by atoms with E-state index in [-0.39, 0.29) is 12.3 Å². The minimum Gasteiger partial charge on any atom is -0.370 e. The van der Waals surface area contributed by atoms with Gasteiger partial charge in [-0.3, -0.25) is 9.79 Å². The molecule has 0 aromatic rings. The molecule has 0 aromatic heterocycles. The van der Waals surface area contributed by atoms with Crippen molar-refractivity contribution >= 4 is 11.9 Å². The third-order valence-corrected chi connectivity index (χ3v) is 0.998. The zero-order valence-corrected chi connectivity index (χ0v) is 6.63. The van der Waals surface area contributed by atoms with Gasteiger partial charge in [0.15, 0.2) is 5.96 Å². The van der Waals surface area contributed by atoms with Crippen LogP contribution in [0.3, 0.4) is 0 Å². The summed E-state index contributed by atoms with van der Waals surface area (Å²) in [6.45, 7) is 3.00. The van der Waals surface area contributed by atoms with Gasteiger partial charge in [-0.2, -0.15) is 0 Å². The van der Waals surface area contributed by atoms with E-state index >= 15 is 0 Å². The minimum atomic E-state index is -0.363. The molecule has 0 spiro atoms. The van der Waals surface area contributed by atoms with Gasteiger partial charge < -0.3 is 16.8 Å². The zero-order chi connectivity index (χ0) is 8.69. The summed E-state index contributed by atoms with van der Waals surface area (Å²) in [5.74, 6) is -0.00759. The number of aliphatic imine (C=N–C) groups is 1. The molecule has 0 heterocycles. The molecule has 0 aromatic carbocycles. The van der Waals surface area contributed by atoms with Crippen molar-refractivity contribution in [2.75, 3.05) is 13.1 Å². The molecule has 0 atom stereocenters. The van der Waals surface area contributed by atoms with Crippen LogP contribution in [0, 0.1) is 0 Å². The summed E-state index contributed by atoms with van der Waals surface area (Å²) in [6, 6.07) is 0. The number of carbonyl (C=O) groups excluding carboxylic acids is 1. The van der Waals surface area contributed by atoms with Gasteiger partial charge >= 0.3 is 0 Å². The zero-order valence-electron chi connectivity index (χ0n) is 6.63. The number of rotatable bonds is 4. The molecule has 5 heteroatoms. The number of guanidine groups is 1. The second-order valence-corrected chi connectivity index (χ2v) is 2.01. The lowest BCUT2D eigenvalue weighted by Crippen LogP contribution is -2.31. The normalized spacial score (nSPS) is 11.2. The second-order valence-electron chi connectivity index (χ2n) is 2.01. The number of nitrogens with two attached hydrogens (primary N) is 2. The summed E-state index contributed by atoms with van der Waals surface area (Å²) in [5, 5.41) is 2.79. The molecule has 0 fully saturated rings. The highest BCUT2D eigenvalue weighted by Crippen LogP contribution is 1.77. The maximum atomic E-state index is 10.2. The molecule has 0 saturated heterocycles. The Morgan fingerprint density at radius 1 is 1.55 bits per heavy atom. The van der Waals surface area contributed by atoms with Gasteiger partial charge in [-0.05, 0) is 6.92 Å². The topological polar surface area (TPSA) is 93.5 Å². The first-order valence-corrected chi connectivity index (χ1v) is 3.49. The summed E-state index contributed by atoms with van der Waals surface area (Å²) in [5.41, 5.74) is 10.2. The highest BCUT2D eigenvalue weighted by atomic mass is 16.1. The first-order chi connectivity index (χ1) is 5.16. The lowest BCUT2D eigenvalue weighted by Gasteiger charge is -1.99. The van der Waals surface area contributed by atoms with E-state index < -0.39 is 0 Å². The number of nitrogens with zero attached hydrogens (tertiary/aromatic N) is 1. The van der Waals surface area contributed by atoms with Crippen LogP contribution in [-0.2, 0) is 4.79 Å². The first kappa shape index (κ1) is 9.74. The standard InChI is InChI=1S/C6H14N4O/c1-2-9-6(8)10-4-3-5(7)11/h2-4H2,1H3,(H2,7,11)(H3,8,9,10). The predicted octanol–water partition coefficient (Wildman–Crippen LogP) is -1.21. The van der Waals surface area contributed by atoms with Crippen LogP contribution in [0.25, 0.3) is 0 Å². The summed E-state index contributed by atoms with van der Waals surface area (Å²) in [6.07, 6.45) is 0.242. The second kappa shape index (κ2) is 5.52. The SMILES string of the molecule is CCNC(N)=NCCC(N)=O. The van der Waals surface area contributed by atoms with Crippen LogP contribution in [0.15, 0.2) is 4.99 Å². The van der Waals surface area contributed by atoms with E-state index in [0.29, 0.717) is 12.5 Å². The average molecular weight is 158 g/mol. The summed E-state index contributed by atoms with van der Waals surface area (Å²) < 4.78 is 0. The predicted molar refractivity (Wildman–Crippen MR) is 44.0 cm³/mol. The first-order valence-electron chi connectivity index (χ1n) is 3.49. The Labute approximate surface area is 65.9 Å². The van der Waals surface area contributed by atoms with Gasteiger partial charge in [0.25, 0.3) is 0 Å². The summed E-state index contributed by atoms with van der Waals surface area (Å²) in [7, 11) is 0. The lowest BCUT2D eigenvalue weighted by atomic mass is 10.4. The molecule has 0 bridgehead atoms. The average Bonchev–Trinajstić information content (AvgIpc) is 1.87. The number of nitrogens with one attached hydrogen (secondary N) is 1. The van der Waals surface area contributed by atoms with E-state index in [0.717, 1.165) is 6.54 Å². The largest absolute Gasteiger partial charge is 0.370 e. The molecule has 0 unspecified atom stereocenters. The molecule has 11 heavy (non-hydrogen) atoms. The lowest BCUT2D eigenvalue weighted by molar-refractivity contribution is -0.117. The van der Waals surface area contributed by atoms with Gasteiger partial charge in [0.1, 0.15) is 0 Å². The Morgan fingerprint density at radius 2 is 2.18 bits per heavy atom. The number of carbonyl (C=O) groups is 1. The fraction of sp³-hybridized carbons (Fsp3) is 0.667. The summed E-state index contributed by atoms with van der Waals surface area (Å²) in [4.78, 5) is 14.1. The molecule has 0 aliphatic rings. The third kappa shape index (κ3) is 6.63. The van der Waals surface area contributed by atoms with Crippen molar-refractivity contribution in [2.24, 2.45) is 16.5 Å².